The van der Waals surface area contributed by atoms with Gasteiger partial charge in [-0.2, -0.15) is 0 Å². The molecule has 1 fully saturated rings. The summed E-state index contributed by atoms with van der Waals surface area (Å²) in [7, 11) is 0. The number of nitrogens with one attached hydrogen (secondary N) is 2. The van der Waals surface area contributed by atoms with Crippen LogP contribution in [-0.4, -0.2) is 44.8 Å². The maximum Gasteiger partial charge on any atom is 0.231 e. The van der Waals surface area contributed by atoms with Crippen LogP contribution in [0.4, 0.5) is 5.13 Å². The van der Waals surface area contributed by atoms with E-state index in [1.165, 1.54) is 11.3 Å². The topological polar surface area (TPSA) is 91.0 Å². The number of carbonyl (C=O) groups is 2. The fraction of sp³-hybridized carbons (Fsp3) is 0.368. The Kier molecular flexibility index (Phi) is 5.15. The first-order chi connectivity index (χ1) is 13.2. The number of aryl methyl sites for hydroxylation is 1. The summed E-state index contributed by atoms with van der Waals surface area (Å²) in [4.78, 5) is 38.7. The maximum atomic E-state index is 12.6. The van der Waals surface area contributed by atoms with Crippen LogP contribution >= 0.6 is 11.3 Å². The molecule has 7 nitrogen and oxygen atoms in total. The number of likely N-dealkylation sites (tertiary alicyclic amines) is 1. The number of piperidine rings is 1. The number of thiazole rings is 1. The largest absolute Gasteiger partial charge is 0.342 e. The molecule has 140 valence electrons. The molecule has 3 aromatic rings. The molecule has 0 radical (unpaired) electrons. The number of nitrogens with zero attached hydrogens (tertiary/aromatic N) is 3. The minimum Gasteiger partial charge on any atom is -0.342 e. The highest BCUT2D eigenvalue weighted by atomic mass is 32.1. The number of para-hydroxylation sites is 2. The maximum absolute atomic E-state index is 12.6. The van der Waals surface area contributed by atoms with Gasteiger partial charge in [-0.3, -0.25) is 9.59 Å². The molecule has 27 heavy (non-hydrogen) atoms. The van der Waals surface area contributed by atoms with E-state index >= 15 is 0 Å². The standard InChI is InChI=1S/C19H21N5O2S/c25-17(8-7-16-21-14-5-1-2-6-15(14)22-16)24-10-3-4-13(12-24)18(26)23-19-20-9-11-27-19/h1-2,5-6,9,11,13H,3-4,7-8,10,12H2,(H,21,22)(H,20,23,26). The molecule has 2 amide bonds. The smallest absolute Gasteiger partial charge is 0.231 e. The van der Waals surface area contributed by atoms with Gasteiger partial charge in [0.15, 0.2) is 5.13 Å². The predicted octanol–water partition coefficient (Wildman–Crippen LogP) is 2.83. The molecule has 1 aromatic carbocycles. The van der Waals surface area contributed by atoms with Crippen LogP contribution in [-0.2, 0) is 16.0 Å². The van der Waals surface area contributed by atoms with Crippen molar-refractivity contribution in [2.75, 3.05) is 18.4 Å². The van der Waals surface area contributed by atoms with Crippen LogP contribution in [0, 0.1) is 5.92 Å². The van der Waals surface area contributed by atoms with Gasteiger partial charge in [0, 0.05) is 37.5 Å². The summed E-state index contributed by atoms with van der Waals surface area (Å²) in [5.74, 6) is 0.652. The molecule has 1 aliphatic heterocycles. The van der Waals surface area contributed by atoms with Gasteiger partial charge in [0.1, 0.15) is 5.82 Å². The van der Waals surface area contributed by atoms with Gasteiger partial charge in [0.2, 0.25) is 11.8 Å². The van der Waals surface area contributed by atoms with Crippen LogP contribution in [0.3, 0.4) is 0 Å². The predicted molar refractivity (Wildman–Crippen MR) is 104 cm³/mol. The third kappa shape index (κ3) is 4.16. The van der Waals surface area contributed by atoms with Crippen molar-refractivity contribution < 1.29 is 9.59 Å². The zero-order valence-electron chi connectivity index (χ0n) is 14.9. The molecule has 0 saturated carbocycles. The lowest BCUT2D eigenvalue weighted by molar-refractivity contribution is -0.134. The molecule has 3 heterocycles. The molecule has 1 unspecified atom stereocenters. The number of aromatic amines is 1. The summed E-state index contributed by atoms with van der Waals surface area (Å²) in [5.41, 5.74) is 1.90. The fourth-order valence-corrected chi connectivity index (χ4v) is 3.95. The molecule has 1 atom stereocenters. The lowest BCUT2D eigenvalue weighted by Gasteiger charge is -2.32. The average molecular weight is 383 g/mol. The van der Waals surface area contributed by atoms with Crippen molar-refractivity contribution in [2.24, 2.45) is 5.92 Å². The Balaban J connectivity index is 1.32. The van der Waals surface area contributed by atoms with Gasteiger partial charge in [-0.15, -0.1) is 11.3 Å². The van der Waals surface area contributed by atoms with Crippen LogP contribution in [0.15, 0.2) is 35.8 Å². The van der Waals surface area contributed by atoms with Crippen molar-refractivity contribution in [1.29, 1.82) is 0 Å². The number of anilines is 1. The molecule has 1 saturated heterocycles. The molecule has 0 aliphatic carbocycles. The van der Waals surface area contributed by atoms with E-state index in [-0.39, 0.29) is 17.7 Å². The van der Waals surface area contributed by atoms with Gasteiger partial charge in [0.25, 0.3) is 0 Å². The zero-order chi connectivity index (χ0) is 18.6. The van der Waals surface area contributed by atoms with Crippen molar-refractivity contribution in [2.45, 2.75) is 25.7 Å². The summed E-state index contributed by atoms with van der Waals surface area (Å²) in [6.07, 6.45) is 4.26. The number of H-pyrrole nitrogens is 1. The molecular weight excluding hydrogens is 362 g/mol. The Labute approximate surface area is 160 Å². The number of carbonyl (C=O) groups excluding carboxylic acids is 2. The Morgan fingerprint density at radius 1 is 1.33 bits per heavy atom. The van der Waals surface area contributed by atoms with Gasteiger partial charge in [-0.05, 0) is 25.0 Å². The van der Waals surface area contributed by atoms with Crippen molar-refractivity contribution in [3.8, 4) is 0 Å². The molecule has 0 spiro atoms. The number of amides is 2. The molecule has 4 rings (SSSR count). The van der Waals surface area contributed by atoms with E-state index in [0.717, 1.165) is 29.7 Å². The summed E-state index contributed by atoms with van der Waals surface area (Å²) in [5, 5.41) is 5.27. The molecule has 2 aromatic heterocycles. The number of rotatable bonds is 5. The van der Waals surface area contributed by atoms with Gasteiger partial charge in [0.05, 0.1) is 17.0 Å². The first kappa shape index (κ1) is 17.7. The van der Waals surface area contributed by atoms with Crippen molar-refractivity contribution in [1.82, 2.24) is 19.9 Å². The Morgan fingerprint density at radius 3 is 3.04 bits per heavy atom. The van der Waals surface area contributed by atoms with Gasteiger partial charge < -0.3 is 15.2 Å². The highest BCUT2D eigenvalue weighted by molar-refractivity contribution is 7.13. The monoisotopic (exact) mass is 383 g/mol. The Morgan fingerprint density at radius 2 is 2.22 bits per heavy atom. The summed E-state index contributed by atoms with van der Waals surface area (Å²) < 4.78 is 0. The number of hydrogen-bond donors (Lipinski definition) is 2. The number of benzene rings is 1. The van der Waals surface area contributed by atoms with Gasteiger partial charge >= 0.3 is 0 Å². The molecule has 8 heteroatoms. The number of fused-ring (bicyclic) bond motifs is 1. The van der Waals surface area contributed by atoms with Crippen LogP contribution in [0.1, 0.15) is 25.1 Å². The second kappa shape index (κ2) is 7.87. The number of aromatic nitrogens is 3. The molecular formula is C19H21N5O2S. The Bertz CT molecular complexity index is 904. The second-order valence-corrected chi connectivity index (χ2v) is 7.60. The zero-order valence-corrected chi connectivity index (χ0v) is 15.7. The SMILES string of the molecule is O=C(Nc1nccs1)C1CCCN(C(=O)CCc2nc3ccccc3[nH]2)C1. The average Bonchev–Trinajstić information content (AvgIpc) is 3.35. The van der Waals surface area contributed by atoms with E-state index in [1.54, 1.807) is 11.1 Å². The third-order valence-electron chi connectivity index (χ3n) is 4.82. The van der Waals surface area contributed by atoms with E-state index in [0.29, 0.717) is 31.1 Å². The van der Waals surface area contributed by atoms with E-state index in [2.05, 4.69) is 20.3 Å². The number of imidazole rings is 1. The lowest BCUT2D eigenvalue weighted by atomic mass is 9.97. The summed E-state index contributed by atoms with van der Waals surface area (Å²) in [6, 6.07) is 7.83. The van der Waals surface area contributed by atoms with Gasteiger partial charge in [-0.1, -0.05) is 12.1 Å². The summed E-state index contributed by atoms with van der Waals surface area (Å²) >= 11 is 1.40. The first-order valence-electron chi connectivity index (χ1n) is 9.11. The van der Waals surface area contributed by atoms with Crippen LogP contribution < -0.4 is 5.32 Å². The second-order valence-electron chi connectivity index (χ2n) is 6.71. The highest BCUT2D eigenvalue weighted by Crippen LogP contribution is 2.21. The normalized spacial score (nSPS) is 17.2. The quantitative estimate of drug-likeness (QED) is 0.709. The molecule has 0 bridgehead atoms. The van der Waals surface area contributed by atoms with E-state index in [1.807, 2.05) is 29.6 Å². The molecule has 1 aliphatic rings. The van der Waals surface area contributed by atoms with Crippen LogP contribution in [0.2, 0.25) is 0 Å². The van der Waals surface area contributed by atoms with Crippen molar-refractivity contribution >= 4 is 39.3 Å². The minimum absolute atomic E-state index is 0.0558. The first-order valence-corrected chi connectivity index (χ1v) is 9.99. The van der Waals surface area contributed by atoms with Gasteiger partial charge in [-0.25, -0.2) is 9.97 Å². The van der Waals surface area contributed by atoms with Crippen LogP contribution in [0.25, 0.3) is 11.0 Å². The number of hydrogen-bond acceptors (Lipinski definition) is 5. The highest BCUT2D eigenvalue weighted by Gasteiger charge is 2.28. The molecule has 2 N–H and O–H groups in total. The fourth-order valence-electron chi connectivity index (χ4n) is 3.42. The van der Waals surface area contributed by atoms with Crippen molar-refractivity contribution in [3.05, 3.63) is 41.7 Å². The Hall–Kier alpha value is -2.74. The van der Waals surface area contributed by atoms with Crippen LogP contribution in [0.5, 0.6) is 0 Å². The van der Waals surface area contributed by atoms with Crippen molar-refractivity contribution in [3.63, 3.8) is 0 Å². The minimum atomic E-state index is -0.183. The summed E-state index contributed by atoms with van der Waals surface area (Å²) in [6.45, 7) is 1.18. The van der Waals surface area contributed by atoms with E-state index in [9.17, 15) is 9.59 Å². The van der Waals surface area contributed by atoms with E-state index < -0.39 is 0 Å². The van der Waals surface area contributed by atoms with E-state index in [4.69, 9.17) is 0 Å². The third-order valence-corrected chi connectivity index (χ3v) is 5.51. The lowest BCUT2D eigenvalue weighted by Crippen LogP contribution is -2.43.